The van der Waals surface area contributed by atoms with Gasteiger partial charge in [-0.25, -0.2) is 0 Å². The van der Waals surface area contributed by atoms with Crippen LogP contribution in [0.3, 0.4) is 0 Å². The van der Waals surface area contributed by atoms with E-state index in [1.54, 1.807) is 25.3 Å². The first-order valence-corrected chi connectivity index (χ1v) is 7.02. The van der Waals surface area contributed by atoms with Crippen LogP contribution in [0.5, 0.6) is 5.75 Å². The molecule has 1 atom stereocenters. The summed E-state index contributed by atoms with van der Waals surface area (Å²) >= 11 is 18.6. The predicted molar refractivity (Wildman–Crippen MR) is 81.8 cm³/mol. The Balaban J connectivity index is 2.25. The van der Waals surface area contributed by atoms with E-state index in [9.17, 15) is 0 Å². The topological polar surface area (TPSA) is 9.23 Å². The van der Waals surface area contributed by atoms with Gasteiger partial charge >= 0.3 is 0 Å². The molecule has 0 aliphatic rings. The van der Waals surface area contributed by atoms with Crippen LogP contribution in [-0.4, -0.2) is 7.11 Å². The molecule has 100 valence electrons. The first kappa shape index (κ1) is 14.5. The van der Waals surface area contributed by atoms with Gasteiger partial charge in [0.1, 0.15) is 5.75 Å². The van der Waals surface area contributed by atoms with Crippen molar-refractivity contribution in [1.82, 2.24) is 0 Å². The van der Waals surface area contributed by atoms with Crippen molar-refractivity contribution in [3.8, 4) is 5.75 Å². The first-order valence-electron chi connectivity index (χ1n) is 5.82. The summed E-state index contributed by atoms with van der Waals surface area (Å²) in [5.41, 5.74) is 1.88. The molecule has 0 aromatic heterocycles. The van der Waals surface area contributed by atoms with E-state index < -0.39 is 0 Å². The molecule has 2 aromatic rings. The highest BCUT2D eigenvalue weighted by Crippen LogP contribution is 2.34. The Morgan fingerprint density at radius 3 is 2.58 bits per heavy atom. The number of benzene rings is 2. The zero-order valence-corrected chi connectivity index (χ0v) is 12.6. The highest BCUT2D eigenvalue weighted by molar-refractivity contribution is 6.34. The minimum absolute atomic E-state index is 0.248. The SMILES string of the molecule is COc1ccccc1CC(Cl)c1cc(Cl)ccc1Cl. The average molecular weight is 316 g/mol. The van der Waals surface area contributed by atoms with Gasteiger partial charge < -0.3 is 4.74 Å². The molecule has 0 aliphatic carbocycles. The maximum atomic E-state index is 6.45. The van der Waals surface area contributed by atoms with Crippen LogP contribution < -0.4 is 4.74 Å². The Kier molecular flexibility index (Phi) is 4.98. The second-order valence-corrected chi connectivity index (χ2v) is 5.52. The van der Waals surface area contributed by atoms with E-state index in [1.165, 1.54) is 0 Å². The molecule has 0 fully saturated rings. The minimum Gasteiger partial charge on any atom is -0.496 e. The van der Waals surface area contributed by atoms with Gasteiger partial charge in [0.15, 0.2) is 0 Å². The molecule has 0 N–H and O–H groups in total. The highest BCUT2D eigenvalue weighted by Gasteiger charge is 2.15. The molecule has 19 heavy (non-hydrogen) atoms. The predicted octanol–water partition coefficient (Wildman–Crippen LogP) is 5.52. The van der Waals surface area contributed by atoms with Gasteiger partial charge in [-0.3, -0.25) is 0 Å². The van der Waals surface area contributed by atoms with Gasteiger partial charge in [-0.1, -0.05) is 41.4 Å². The summed E-state index contributed by atoms with van der Waals surface area (Å²) in [6, 6.07) is 13.1. The van der Waals surface area contributed by atoms with Crippen LogP contribution in [0.1, 0.15) is 16.5 Å². The lowest BCUT2D eigenvalue weighted by molar-refractivity contribution is 0.409. The number of para-hydroxylation sites is 1. The van der Waals surface area contributed by atoms with Crippen LogP contribution in [-0.2, 0) is 6.42 Å². The fourth-order valence-electron chi connectivity index (χ4n) is 1.93. The monoisotopic (exact) mass is 314 g/mol. The number of methoxy groups -OCH3 is 1. The number of alkyl halides is 1. The lowest BCUT2D eigenvalue weighted by atomic mass is 10.0. The summed E-state index contributed by atoms with van der Waals surface area (Å²) in [5.74, 6) is 0.825. The molecule has 0 spiro atoms. The van der Waals surface area contributed by atoms with Gasteiger partial charge in [-0.05, 0) is 41.8 Å². The van der Waals surface area contributed by atoms with Crippen molar-refractivity contribution in [2.45, 2.75) is 11.8 Å². The van der Waals surface area contributed by atoms with E-state index >= 15 is 0 Å². The lowest BCUT2D eigenvalue weighted by Crippen LogP contribution is -1.99. The maximum absolute atomic E-state index is 6.45. The zero-order chi connectivity index (χ0) is 13.8. The summed E-state index contributed by atoms with van der Waals surface area (Å²) in [7, 11) is 1.65. The van der Waals surface area contributed by atoms with Crippen molar-refractivity contribution in [2.75, 3.05) is 7.11 Å². The number of hydrogen-bond donors (Lipinski definition) is 0. The molecule has 0 amide bonds. The number of halogens is 3. The van der Waals surface area contributed by atoms with Crippen molar-refractivity contribution >= 4 is 34.8 Å². The van der Waals surface area contributed by atoms with Gasteiger partial charge in [0, 0.05) is 10.0 Å². The van der Waals surface area contributed by atoms with Crippen LogP contribution in [0.25, 0.3) is 0 Å². The summed E-state index contributed by atoms with van der Waals surface area (Å²) in [6.07, 6.45) is 0.631. The van der Waals surface area contributed by atoms with E-state index in [2.05, 4.69) is 0 Å². The maximum Gasteiger partial charge on any atom is 0.122 e. The third-order valence-electron chi connectivity index (χ3n) is 2.89. The smallest absolute Gasteiger partial charge is 0.122 e. The lowest BCUT2D eigenvalue weighted by Gasteiger charge is -2.14. The fourth-order valence-corrected chi connectivity index (χ4v) is 2.76. The second-order valence-electron chi connectivity index (χ2n) is 4.15. The van der Waals surface area contributed by atoms with Crippen LogP contribution >= 0.6 is 34.8 Å². The molecular weight excluding hydrogens is 303 g/mol. The summed E-state index contributed by atoms with van der Waals surface area (Å²) in [5, 5.41) is 1.01. The van der Waals surface area contributed by atoms with Crippen LogP contribution in [0, 0.1) is 0 Å². The third kappa shape index (κ3) is 3.56. The van der Waals surface area contributed by atoms with Gasteiger partial charge in [0.2, 0.25) is 0 Å². The van der Waals surface area contributed by atoms with Gasteiger partial charge in [-0.15, -0.1) is 11.6 Å². The van der Waals surface area contributed by atoms with Crippen LogP contribution in [0.2, 0.25) is 10.0 Å². The average Bonchev–Trinajstić information content (AvgIpc) is 2.42. The van der Waals surface area contributed by atoms with E-state index in [0.29, 0.717) is 16.5 Å². The Hall–Kier alpha value is -0.890. The molecule has 0 heterocycles. The molecule has 4 heteroatoms. The molecule has 2 rings (SSSR count). The summed E-state index contributed by atoms with van der Waals surface area (Å²) < 4.78 is 5.32. The molecule has 0 radical (unpaired) electrons. The van der Waals surface area contributed by atoms with E-state index in [0.717, 1.165) is 16.9 Å². The highest BCUT2D eigenvalue weighted by atomic mass is 35.5. The first-order chi connectivity index (χ1) is 9.11. The van der Waals surface area contributed by atoms with Crippen molar-refractivity contribution in [2.24, 2.45) is 0 Å². The van der Waals surface area contributed by atoms with Crippen molar-refractivity contribution in [1.29, 1.82) is 0 Å². The minimum atomic E-state index is -0.248. The van der Waals surface area contributed by atoms with Gasteiger partial charge in [-0.2, -0.15) is 0 Å². The number of ether oxygens (including phenoxy) is 1. The summed E-state index contributed by atoms with van der Waals surface area (Å²) in [6.45, 7) is 0. The molecule has 0 saturated carbocycles. The van der Waals surface area contributed by atoms with E-state index in [1.807, 2.05) is 24.3 Å². The normalized spacial score (nSPS) is 12.2. The van der Waals surface area contributed by atoms with Crippen molar-refractivity contribution in [3.63, 3.8) is 0 Å². The van der Waals surface area contributed by atoms with Gasteiger partial charge in [0.25, 0.3) is 0 Å². The van der Waals surface area contributed by atoms with Crippen LogP contribution in [0.4, 0.5) is 0 Å². The third-order valence-corrected chi connectivity index (χ3v) is 3.86. The molecule has 0 aliphatic heterocycles. The molecular formula is C15H13Cl3O. The standard InChI is InChI=1S/C15H13Cl3O/c1-19-15-5-3-2-4-10(15)8-14(18)12-9-11(16)6-7-13(12)17/h2-7,9,14H,8H2,1H3. The van der Waals surface area contributed by atoms with Crippen LogP contribution in [0.15, 0.2) is 42.5 Å². The van der Waals surface area contributed by atoms with Crippen molar-refractivity contribution in [3.05, 3.63) is 63.6 Å². The zero-order valence-electron chi connectivity index (χ0n) is 10.4. The van der Waals surface area contributed by atoms with Gasteiger partial charge in [0.05, 0.1) is 12.5 Å². The van der Waals surface area contributed by atoms with E-state index in [4.69, 9.17) is 39.5 Å². The molecule has 0 saturated heterocycles. The molecule has 0 bridgehead atoms. The summed E-state index contributed by atoms with van der Waals surface area (Å²) in [4.78, 5) is 0. The Morgan fingerprint density at radius 1 is 1.11 bits per heavy atom. The number of rotatable bonds is 4. The second kappa shape index (κ2) is 6.51. The number of hydrogen-bond acceptors (Lipinski definition) is 1. The quantitative estimate of drug-likeness (QED) is 0.675. The molecule has 2 aromatic carbocycles. The largest absolute Gasteiger partial charge is 0.496 e. The van der Waals surface area contributed by atoms with Crippen molar-refractivity contribution < 1.29 is 4.74 Å². The molecule has 1 unspecified atom stereocenters. The Bertz CT molecular complexity index is 569. The molecule has 1 nitrogen and oxygen atoms in total. The fraction of sp³-hybridized carbons (Fsp3) is 0.200. The Morgan fingerprint density at radius 2 is 1.84 bits per heavy atom. The van der Waals surface area contributed by atoms with E-state index in [-0.39, 0.29) is 5.38 Å². The Labute approximate surface area is 128 Å².